The molecule has 2 aliphatic heterocycles. The minimum atomic E-state index is 0.471. The summed E-state index contributed by atoms with van der Waals surface area (Å²) in [6.07, 6.45) is 5.31. The van der Waals surface area contributed by atoms with Crippen molar-refractivity contribution < 1.29 is 4.74 Å². The molecule has 0 aliphatic carbocycles. The van der Waals surface area contributed by atoms with Gasteiger partial charge < -0.3 is 10.1 Å². The Hall–Kier alpha value is -1.13. The molecule has 3 heterocycles. The monoisotopic (exact) mass is 247 g/mol. The molecule has 0 radical (unpaired) electrons. The summed E-state index contributed by atoms with van der Waals surface area (Å²) in [5.74, 6) is 0.978. The molecule has 2 atom stereocenters. The number of fused-ring (bicyclic) bond motifs is 2. The number of nitrogens with one attached hydrogen (secondary N) is 1. The molecule has 1 aromatic heterocycles. The lowest BCUT2D eigenvalue weighted by Crippen LogP contribution is -2.41. The maximum atomic E-state index is 5.86. The van der Waals surface area contributed by atoms with Crippen LogP contribution in [0.5, 0.6) is 0 Å². The Bertz CT molecular complexity index is 398. The number of hydrogen-bond acceptors (Lipinski definition) is 4. The number of nitrogens with zero attached hydrogens (tertiary/aromatic N) is 2. The summed E-state index contributed by atoms with van der Waals surface area (Å²) in [6.45, 7) is 6.17. The topological polar surface area (TPSA) is 37.4 Å². The molecule has 2 saturated heterocycles. The Morgan fingerprint density at radius 2 is 2.17 bits per heavy atom. The number of likely N-dealkylation sites (tertiary alicyclic amines) is 1. The van der Waals surface area contributed by atoms with E-state index in [0.29, 0.717) is 12.2 Å². The van der Waals surface area contributed by atoms with Gasteiger partial charge in [-0.05, 0) is 37.5 Å². The van der Waals surface area contributed by atoms with E-state index >= 15 is 0 Å². The van der Waals surface area contributed by atoms with Crippen LogP contribution in [-0.4, -0.2) is 41.7 Å². The summed E-state index contributed by atoms with van der Waals surface area (Å²) < 4.78 is 5.86. The van der Waals surface area contributed by atoms with E-state index in [4.69, 9.17) is 4.74 Å². The van der Waals surface area contributed by atoms with E-state index in [1.165, 1.54) is 18.4 Å². The molecule has 3 rings (SSSR count). The highest BCUT2D eigenvalue weighted by molar-refractivity contribution is 5.37. The Kier molecular flexibility index (Phi) is 3.48. The predicted molar refractivity (Wildman–Crippen MR) is 71.6 cm³/mol. The zero-order valence-corrected chi connectivity index (χ0v) is 10.9. The average Bonchev–Trinajstić information content (AvgIpc) is 2.70. The molecule has 0 spiro atoms. The number of pyridine rings is 1. The van der Waals surface area contributed by atoms with Gasteiger partial charge in [-0.3, -0.25) is 4.90 Å². The molecule has 1 N–H and O–H groups in total. The molecule has 0 saturated carbocycles. The van der Waals surface area contributed by atoms with Crippen LogP contribution in [0, 0.1) is 0 Å². The first kappa shape index (κ1) is 11.9. The molecular weight excluding hydrogens is 226 g/mol. The third-order valence-electron chi connectivity index (χ3n) is 3.71. The van der Waals surface area contributed by atoms with Gasteiger partial charge in [-0.2, -0.15) is 0 Å². The lowest BCUT2D eigenvalue weighted by Gasteiger charge is -2.32. The van der Waals surface area contributed by atoms with Crippen LogP contribution in [0.4, 0.5) is 5.82 Å². The number of aromatic nitrogens is 1. The van der Waals surface area contributed by atoms with E-state index in [1.54, 1.807) is 0 Å². The van der Waals surface area contributed by atoms with Gasteiger partial charge in [0, 0.05) is 32.4 Å². The predicted octanol–water partition coefficient (Wildman–Crippen LogP) is 1.88. The van der Waals surface area contributed by atoms with Crippen molar-refractivity contribution in [1.82, 2.24) is 9.88 Å². The minimum absolute atomic E-state index is 0.471. The van der Waals surface area contributed by atoms with Gasteiger partial charge in [-0.25, -0.2) is 4.98 Å². The number of hydrogen-bond donors (Lipinski definition) is 1. The zero-order chi connectivity index (χ0) is 12.4. The molecule has 0 aromatic carbocycles. The molecule has 2 aliphatic rings. The molecule has 4 heteroatoms. The van der Waals surface area contributed by atoms with Crippen LogP contribution in [0.25, 0.3) is 0 Å². The average molecular weight is 247 g/mol. The molecular formula is C14H21N3O. The summed E-state index contributed by atoms with van der Waals surface area (Å²) in [7, 11) is 0. The Balaban J connectivity index is 1.63. The lowest BCUT2D eigenvalue weighted by molar-refractivity contribution is -0.0410. The largest absolute Gasteiger partial charge is 0.372 e. The van der Waals surface area contributed by atoms with Crippen LogP contribution in [0.15, 0.2) is 18.3 Å². The van der Waals surface area contributed by atoms with Crippen LogP contribution in [0.3, 0.4) is 0 Å². The standard InChI is InChI=1S/C14H21N3O/c1-2-15-14-7-11(5-6-16-14)8-17-9-12-3-4-13(10-17)18-12/h5-7,12-13H,2-4,8-10H2,1H3,(H,15,16). The van der Waals surface area contributed by atoms with Crippen molar-refractivity contribution in [3.63, 3.8) is 0 Å². The van der Waals surface area contributed by atoms with Crippen LogP contribution in [0.2, 0.25) is 0 Å². The van der Waals surface area contributed by atoms with Gasteiger partial charge in [0.25, 0.3) is 0 Å². The Morgan fingerprint density at radius 1 is 1.39 bits per heavy atom. The summed E-state index contributed by atoms with van der Waals surface area (Å²) >= 11 is 0. The normalized spacial score (nSPS) is 27.4. The Morgan fingerprint density at radius 3 is 2.89 bits per heavy atom. The highest BCUT2D eigenvalue weighted by Crippen LogP contribution is 2.27. The van der Waals surface area contributed by atoms with E-state index in [1.807, 2.05) is 6.20 Å². The second-order valence-electron chi connectivity index (χ2n) is 5.23. The maximum Gasteiger partial charge on any atom is 0.126 e. The number of rotatable bonds is 4. The van der Waals surface area contributed by atoms with Crippen molar-refractivity contribution in [2.75, 3.05) is 25.0 Å². The molecule has 0 amide bonds. The molecule has 4 nitrogen and oxygen atoms in total. The van der Waals surface area contributed by atoms with Gasteiger partial charge in [0.05, 0.1) is 12.2 Å². The fourth-order valence-electron chi connectivity index (χ4n) is 2.94. The van der Waals surface area contributed by atoms with Crippen LogP contribution in [0.1, 0.15) is 25.3 Å². The zero-order valence-electron chi connectivity index (χ0n) is 10.9. The molecule has 1 aromatic rings. The number of anilines is 1. The smallest absolute Gasteiger partial charge is 0.126 e. The van der Waals surface area contributed by atoms with E-state index in [9.17, 15) is 0 Å². The second-order valence-corrected chi connectivity index (χ2v) is 5.23. The van der Waals surface area contributed by atoms with Crippen molar-refractivity contribution in [2.45, 2.75) is 38.5 Å². The van der Waals surface area contributed by atoms with Crippen molar-refractivity contribution in [1.29, 1.82) is 0 Å². The van der Waals surface area contributed by atoms with E-state index in [2.05, 4.69) is 34.3 Å². The summed E-state index contributed by atoms with van der Waals surface area (Å²) in [5.41, 5.74) is 1.34. The fraction of sp³-hybridized carbons (Fsp3) is 0.643. The van der Waals surface area contributed by atoms with E-state index < -0.39 is 0 Å². The highest BCUT2D eigenvalue weighted by atomic mass is 16.5. The van der Waals surface area contributed by atoms with Crippen molar-refractivity contribution in [2.24, 2.45) is 0 Å². The third-order valence-corrected chi connectivity index (χ3v) is 3.71. The summed E-state index contributed by atoms with van der Waals surface area (Å²) in [6, 6.07) is 4.26. The van der Waals surface area contributed by atoms with Gasteiger partial charge in [0.15, 0.2) is 0 Å². The first-order valence-corrected chi connectivity index (χ1v) is 6.90. The van der Waals surface area contributed by atoms with Crippen LogP contribution in [-0.2, 0) is 11.3 Å². The van der Waals surface area contributed by atoms with Crippen molar-refractivity contribution >= 4 is 5.82 Å². The summed E-state index contributed by atoms with van der Waals surface area (Å²) in [5, 5.41) is 3.26. The van der Waals surface area contributed by atoms with Crippen molar-refractivity contribution in [3.05, 3.63) is 23.9 Å². The lowest BCUT2D eigenvalue weighted by atomic mass is 10.2. The molecule has 2 unspecified atom stereocenters. The number of morpholine rings is 1. The van der Waals surface area contributed by atoms with E-state index in [-0.39, 0.29) is 0 Å². The first-order chi connectivity index (χ1) is 8.83. The third kappa shape index (κ3) is 2.65. The first-order valence-electron chi connectivity index (χ1n) is 6.90. The second kappa shape index (κ2) is 5.24. The van der Waals surface area contributed by atoms with Crippen molar-refractivity contribution in [3.8, 4) is 0 Å². The number of ether oxygens (including phenoxy) is 1. The van der Waals surface area contributed by atoms with Gasteiger partial charge in [-0.1, -0.05) is 0 Å². The fourth-order valence-corrected chi connectivity index (χ4v) is 2.94. The van der Waals surface area contributed by atoms with Gasteiger partial charge in [0.1, 0.15) is 5.82 Å². The Labute approximate surface area is 108 Å². The highest BCUT2D eigenvalue weighted by Gasteiger charge is 2.33. The van der Waals surface area contributed by atoms with Crippen LogP contribution >= 0.6 is 0 Å². The van der Waals surface area contributed by atoms with Crippen LogP contribution < -0.4 is 5.32 Å². The van der Waals surface area contributed by atoms with Gasteiger partial charge in [-0.15, -0.1) is 0 Å². The molecule has 2 bridgehead atoms. The van der Waals surface area contributed by atoms with E-state index in [0.717, 1.165) is 32.0 Å². The maximum absolute atomic E-state index is 5.86. The minimum Gasteiger partial charge on any atom is -0.372 e. The summed E-state index contributed by atoms with van der Waals surface area (Å²) in [4.78, 5) is 6.82. The quantitative estimate of drug-likeness (QED) is 0.881. The molecule has 98 valence electrons. The van der Waals surface area contributed by atoms with Gasteiger partial charge >= 0.3 is 0 Å². The molecule has 18 heavy (non-hydrogen) atoms. The SMILES string of the molecule is CCNc1cc(CN2CC3CCC(C2)O3)ccn1. The van der Waals surface area contributed by atoms with Gasteiger partial charge in [0.2, 0.25) is 0 Å². The molecule has 2 fully saturated rings.